The third-order valence-corrected chi connectivity index (χ3v) is 5.71. The zero-order valence-electron chi connectivity index (χ0n) is 14.4. The minimum Gasteiger partial charge on any atom is -0.479 e. The number of nitrogens with one attached hydrogen (secondary N) is 1. The lowest BCUT2D eigenvalue weighted by atomic mass is 9.96. The molecule has 0 aliphatic heterocycles. The van der Waals surface area contributed by atoms with Crippen LogP contribution in [0.2, 0.25) is 0 Å². The van der Waals surface area contributed by atoms with E-state index in [2.05, 4.69) is 14.8 Å². The Bertz CT molecular complexity index is 903. The number of ether oxygens (including phenoxy) is 1. The predicted molar refractivity (Wildman–Crippen MR) is 94.5 cm³/mol. The maximum atomic E-state index is 12.6. The molecule has 0 unspecified atom stereocenters. The zero-order chi connectivity index (χ0) is 18.7. The number of nitrogens with two attached hydrogens (primary N) is 1. The highest BCUT2D eigenvalue weighted by Crippen LogP contribution is 2.29. The van der Waals surface area contributed by atoms with E-state index in [1.807, 2.05) is 0 Å². The predicted octanol–water partition coefficient (Wildman–Crippen LogP) is 1.69. The molecule has 0 bridgehead atoms. The molecule has 10 heteroatoms. The Kier molecular flexibility index (Phi) is 5.12. The van der Waals surface area contributed by atoms with E-state index in [0.29, 0.717) is 0 Å². The van der Waals surface area contributed by atoms with Crippen LogP contribution in [-0.2, 0) is 10.0 Å². The van der Waals surface area contributed by atoms with Crippen molar-refractivity contribution in [1.82, 2.24) is 14.8 Å². The van der Waals surface area contributed by atoms with E-state index in [1.165, 1.54) is 38.1 Å². The second-order valence-corrected chi connectivity index (χ2v) is 7.85. The lowest BCUT2D eigenvalue weighted by Gasteiger charge is -2.21. The number of amides is 1. The number of carbonyl (C=O) groups excluding carboxylic acids is 1. The van der Waals surface area contributed by atoms with Crippen molar-refractivity contribution < 1.29 is 17.9 Å². The molecule has 0 saturated heterocycles. The molecule has 0 spiro atoms. The molecule has 0 radical (unpaired) electrons. The molecular weight excluding hydrogens is 358 g/mol. The van der Waals surface area contributed by atoms with E-state index in [9.17, 15) is 13.2 Å². The summed E-state index contributed by atoms with van der Waals surface area (Å²) < 4.78 is 34.5. The monoisotopic (exact) mass is 379 g/mol. The first-order valence-electron chi connectivity index (χ1n) is 8.32. The number of aromatic nitrogens is 3. The molecule has 2 aromatic rings. The molecule has 140 valence electrons. The molecule has 1 fully saturated rings. The highest BCUT2D eigenvalue weighted by molar-refractivity contribution is 7.92. The van der Waals surface area contributed by atoms with Gasteiger partial charge in [-0.05, 0) is 25.0 Å². The fraction of sp³-hybridized carbons (Fsp3) is 0.438. The van der Waals surface area contributed by atoms with Gasteiger partial charge in [0.15, 0.2) is 0 Å². The third-order valence-electron chi connectivity index (χ3n) is 4.39. The summed E-state index contributed by atoms with van der Waals surface area (Å²) in [5.41, 5.74) is 5.27. The Morgan fingerprint density at radius 1 is 1.31 bits per heavy atom. The summed E-state index contributed by atoms with van der Waals surface area (Å²) in [6.07, 6.45) is 8.32. The van der Waals surface area contributed by atoms with Crippen molar-refractivity contribution in [2.45, 2.75) is 43.0 Å². The fourth-order valence-corrected chi connectivity index (χ4v) is 4.01. The molecule has 1 aliphatic carbocycles. The van der Waals surface area contributed by atoms with E-state index in [-0.39, 0.29) is 28.2 Å². The summed E-state index contributed by atoms with van der Waals surface area (Å²) in [5.74, 6) is -0.768. The number of sulfonamides is 1. The Morgan fingerprint density at radius 2 is 2.04 bits per heavy atom. The van der Waals surface area contributed by atoms with Gasteiger partial charge in [0.2, 0.25) is 5.88 Å². The van der Waals surface area contributed by atoms with Crippen molar-refractivity contribution in [3.8, 4) is 5.88 Å². The first kappa shape index (κ1) is 18.2. The van der Waals surface area contributed by atoms with Crippen LogP contribution in [0.5, 0.6) is 5.88 Å². The third kappa shape index (κ3) is 3.79. The van der Waals surface area contributed by atoms with Crippen molar-refractivity contribution in [3.63, 3.8) is 0 Å². The minimum absolute atomic E-state index is 0.0186. The van der Waals surface area contributed by atoms with Crippen LogP contribution in [0.25, 0.3) is 0 Å². The highest BCUT2D eigenvalue weighted by atomic mass is 32.2. The molecule has 1 amide bonds. The average molecular weight is 379 g/mol. The molecule has 2 heterocycles. The zero-order valence-corrected chi connectivity index (χ0v) is 15.2. The van der Waals surface area contributed by atoms with Crippen LogP contribution in [0.3, 0.4) is 0 Å². The van der Waals surface area contributed by atoms with Gasteiger partial charge in [-0.25, -0.2) is 13.4 Å². The van der Waals surface area contributed by atoms with Gasteiger partial charge in [-0.2, -0.15) is 5.10 Å². The summed E-state index contributed by atoms with van der Waals surface area (Å²) >= 11 is 0. The SMILES string of the molecule is COc1nc(C(N)=O)ccc1NS(=O)(=O)c1cnn(C2CCCCC2)c1. The van der Waals surface area contributed by atoms with E-state index < -0.39 is 15.9 Å². The van der Waals surface area contributed by atoms with Gasteiger partial charge in [-0.15, -0.1) is 0 Å². The number of rotatable bonds is 6. The van der Waals surface area contributed by atoms with Gasteiger partial charge in [0.25, 0.3) is 15.9 Å². The van der Waals surface area contributed by atoms with E-state index in [4.69, 9.17) is 10.5 Å². The van der Waals surface area contributed by atoms with Gasteiger partial charge in [0.05, 0.1) is 19.3 Å². The molecule has 0 atom stereocenters. The molecule has 9 nitrogen and oxygen atoms in total. The maximum absolute atomic E-state index is 12.6. The normalized spacial score (nSPS) is 15.6. The molecule has 3 N–H and O–H groups in total. The van der Waals surface area contributed by atoms with Gasteiger partial charge in [-0.1, -0.05) is 19.3 Å². The van der Waals surface area contributed by atoms with Crippen LogP contribution in [-0.4, -0.2) is 36.2 Å². The lowest BCUT2D eigenvalue weighted by molar-refractivity contribution is 0.0995. The van der Waals surface area contributed by atoms with Gasteiger partial charge in [0, 0.05) is 6.20 Å². The first-order valence-corrected chi connectivity index (χ1v) is 9.81. The molecule has 2 aromatic heterocycles. The van der Waals surface area contributed by atoms with Crippen LogP contribution >= 0.6 is 0 Å². The van der Waals surface area contributed by atoms with Crippen LogP contribution in [0.1, 0.15) is 48.6 Å². The van der Waals surface area contributed by atoms with Crippen molar-refractivity contribution in [1.29, 1.82) is 0 Å². The smallest absolute Gasteiger partial charge is 0.267 e. The summed E-state index contributed by atoms with van der Waals surface area (Å²) in [6, 6.07) is 2.95. The number of pyridine rings is 1. The topological polar surface area (TPSA) is 129 Å². The first-order chi connectivity index (χ1) is 12.4. The van der Waals surface area contributed by atoms with Crippen LogP contribution < -0.4 is 15.2 Å². The van der Waals surface area contributed by atoms with Gasteiger partial charge < -0.3 is 10.5 Å². The van der Waals surface area contributed by atoms with Crippen molar-refractivity contribution in [3.05, 3.63) is 30.2 Å². The summed E-state index contributed by atoms with van der Waals surface area (Å²) in [7, 11) is -2.54. The lowest BCUT2D eigenvalue weighted by Crippen LogP contribution is -2.17. The van der Waals surface area contributed by atoms with E-state index in [0.717, 1.165) is 25.7 Å². The van der Waals surface area contributed by atoms with Crippen molar-refractivity contribution >= 4 is 21.6 Å². The van der Waals surface area contributed by atoms with Crippen molar-refractivity contribution in [2.24, 2.45) is 5.73 Å². The standard InChI is InChI=1S/C16H21N5O4S/c1-25-16-14(8-7-13(19-16)15(17)22)20-26(23,24)12-9-18-21(10-12)11-5-3-2-4-6-11/h7-11,20H,2-6H2,1H3,(H2,17,22). The number of anilines is 1. The largest absolute Gasteiger partial charge is 0.479 e. The highest BCUT2D eigenvalue weighted by Gasteiger charge is 2.23. The minimum atomic E-state index is -3.87. The number of primary amides is 1. The van der Waals surface area contributed by atoms with Gasteiger partial charge in [-0.3, -0.25) is 14.2 Å². The summed E-state index contributed by atoms with van der Waals surface area (Å²) in [6.45, 7) is 0. The second kappa shape index (κ2) is 7.32. The van der Waals surface area contributed by atoms with Crippen LogP contribution in [0, 0.1) is 0 Å². The maximum Gasteiger partial charge on any atom is 0.267 e. The Hall–Kier alpha value is -2.62. The van der Waals surface area contributed by atoms with E-state index in [1.54, 1.807) is 4.68 Å². The van der Waals surface area contributed by atoms with Crippen LogP contribution in [0.15, 0.2) is 29.4 Å². The quantitative estimate of drug-likeness (QED) is 0.786. The molecular formula is C16H21N5O4S. The number of methoxy groups -OCH3 is 1. The molecule has 1 aliphatic rings. The number of hydrogen-bond donors (Lipinski definition) is 2. The molecule has 1 saturated carbocycles. The Labute approximate surface area is 151 Å². The number of hydrogen-bond acceptors (Lipinski definition) is 6. The van der Waals surface area contributed by atoms with Gasteiger partial charge in [0.1, 0.15) is 16.3 Å². The summed E-state index contributed by atoms with van der Waals surface area (Å²) in [4.78, 5) is 15.2. The number of nitrogens with zero attached hydrogens (tertiary/aromatic N) is 3. The Balaban J connectivity index is 1.83. The number of carbonyl (C=O) groups is 1. The Morgan fingerprint density at radius 3 is 2.69 bits per heavy atom. The molecule has 0 aromatic carbocycles. The van der Waals surface area contributed by atoms with Crippen LogP contribution in [0.4, 0.5) is 5.69 Å². The molecule has 26 heavy (non-hydrogen) atoms. The molecule has 3 rings (SSSR count). The van der Waals surface area contributed by atoms with Gasteiger partial charge >= 0.3 is 0 Å². The average Bonchev–Trinajstić information content (AvgIpc) is 3.13. The van der Waals surface area contributed by atoms with E-state index >= 15 is 0 Å². The summed E-state index contributed by atoms with van der Waals surface area (Å²) in [5, 5.41) is 4.22. The van der Waals surface area contributed by atoms with Crippen molar-refractivity contribution in [2.75, 3.05) is 11.8 Å². The fourth-order valence-electron chi connectivity index (χ4n) is 3.02. The second-order valence-electron chi connectivity index (χ2n) is 6.17.